The van der Waals surface area contributed by atoms with E-state index in [1.807, 2.05) is 6.92 Å². The zero-order valence-corrected chi connectivity index (χ0v) is 12.9. The molecular weight excluding hydrogens is 297 g/mol. The van der Waals surface area contributed by atoms with Gasteiger partial charge in [0.25, 0.3) is 5.91 Å². The highest BCUT2D eigenvalue weighted by molar-refractivity contribution is 5.95. The Bertz CT molecular complexity index is 684. The molecule has 0 aliphatic carbocycles. The standard InChI is InChI=1S/C17H18FN3O2/c1-2-3-16-15(8-19-11-20-16)17(22)21-9-14(10-21)23-13-6-4-12(18)5-7-13/h4-8,11,14H,2-3,9-10H2,1H3. The number of ether oxygens (including phenoxy) is 1. The van der Waals surface area contributed by atoms with Gasteiger partial charge in [0.2, 0.25) is 0 Å². The predicted octanol–water partition coefficient (Wildman–Crippen LogP) is 2.47. The van der Waals surface area contributed by atoms with Crippen LogP contribution in [0, 0.1) is 5.82 Å². The average Bonchev–Trinajstić information content (AvgIpc) is 2.52. The van der Waals surface area contributed by atoms with E-state index in [0.29, 0.717) is 24.4 Å². The molecule has 1 aromatic heterocycles. The highest BCUT2D eigenvalue weighted by Gasteiger charge is 2.33. The minimum atomic E-state index is -0.296. The van der Waals surface area contributed by atoms with Crippen molar-refractivity contribution >= 4 is 5.91 Å². The molecule has 5 nitrogen and oxygen atoms in total. The van der Waals surface area contributed by atoms with E-state index in [1.54, 1.807) is 23.2 Å². The van der Waals surface area contributed by atoms with Crippen molar-refractivity contribution in [1.29, 1.82) is 0 Å². The molecule has 6 heteroatoms. The van der Waals surface area contributed by atoms with Gasteiger partial charge < -0.3 is 9.64 Å². The maximum absolute atomic E-state index is 12.9. The molecule has 0 spiro atoms. The summed E-state index contributed by atoms with van der Waals surface area (Å²) in [5.41, 5.74) is 1.35. The van der Waals surface area contributed by atoms with Crippen molar-refractivity contribution in [2.45, 2.75) is 25.9 Å². The Morgan fingerprint density at radius 1 is 1.35 bits per heavy atom. The van der Waals surface area contributed by atoms with Gasteiger partial charge in [0.15, 0.2) is 0 Å². The van der Waals surface area contributed by atoms with Crippen molar-refractivity contribution in [3.63, 3.8) is 0 Å². The average molecular weight is 315 g/mol. The number of nitrogens with zero attached hydrogens (tertiary/aromatic N) is 3. The molecule has 0 unspecified atom stereocenters. The third kappa shape index (κ3) is 3.47. The van der Waals surface area contributed by atoms with Crippen LogP contribution in [0.2, 0.25) is 0 Å². The Morgan fingerprint density at radius 3 is 2.78 bits per heavy atom. The van der Waals surface area contributed by atoms with E-state index in [2.05, 4.69) is 9.97 Å². The summed E-state index contributed by atoms with van der Waals surface area (Å²) in [7, 11) is 0. The molecule has 0 saturated carbocycles. The van der Waals surface area contributed by atoms with Gasteiger partial charge in [-0.1, -0.05) is 13.3 Å². The maximum Gasteiger partial charge on any atom is 0.257 e. The first kappa shape index (κ1) is 15.4. The largest absolute Gasteiger partial charge is 0.487 e. The second kappa shape index (κ2) is 6.73. The number of amides is 1. The fourth-order valence-corrected chi connectivity index (χ4v) is 2.52. The van der Waals surface area contributed by atoms with Crippen molar-refractivity contribution in [3.8, 4) is 5.75 Å². The molecular formula is C17H18FN3O2. The number of halogens is 1. The van der Waals surface area contributed by atoms with Crippen molar-refractivity contribution in [2.24, 2.45) is 0 Å². The van der Waals surface area contributed by atoms with E-state index in [0.717, 1.165) is 18.5 Å². The van der Waals surface area contributed by atoms with Gasteiger partial charge in [0, 0.05) is 6.20 Å². The Kier molecular flexibility index (Phi) is 4.50. The first-order valence-electron chi connectivity index (χ1n) is 7.67. The fourth-order valence-electron chi connectivity index (χ4n) is 2.52. The molecule has 0 radical (unpaired) electrons. The van der Waals surface area contributed by atoms with E-state index in [4.69, 9.17) is 4.74 Å². The van der Waals surface area contributed by atoms with Crippen LogP contribution in [0.3, 0.4) is 0 Å². The summed E-state index contributed by atoms with van der Waals surface area (Å²) >= 11 is 0. The number of benzene rings is 1. The van der Waals surface area contributed by atoms with E-state index < -0.39 is 0 Å². The van der Waals surface area contributed by atoms with Gasteiger partial charge in [-0.3, -0.25) is 4.79 Å². The number of hydrogen-bond donors (Lipinski definition) is 0. The van der Waals surface area contributed by atoms with Crippen LogP contribution < -0.4 is 4.74 Å². The second-order valence-electron chi connectivity index (χ2n) is 5.54. The summed E-state index contributed by atoms with van der Waals surface area (Å²) in [4.78, 5) is 22.4. The van der Waals surface area contributed by atoms with Gasteiger partial charge in [0.05, 0.1) is 24.3 Å². The number of aromatic nitrogens is 2. The molecule has 1 fully saturated rings. The van der Waals surface area contributed by atoms with E-state index in [1.165, 1.54) is 18.5 Å². The Morgan fingerprint density at radius 2 is 2.09 bits per heavy atom. The summed E-state index contributed by atoms with van der Waals surface area (Å²) in [6.45, 7) is 3.07. The Hall–Kier alpha value is -2.50. The highest BCUT2D eigenvalue weighted by atomic mass is 19.1. The zero-order chi connectivity index (χ0) is 16.2. The van der Waals surface area contributed by atoms with E-state index in [-0.39, 0.29) is 17.8 Å². The Balaban J connectivity index is 1.58. The third-order valence-electron chi connectivity index (χ3n) is 3.76. The molecule has 1 saturated heterocycles. The molecule has 3 rings (SSSR count). The van der Waals surface area contributed by atoms with Crippen molar-refractivity contribution in [1.82, 2.24) is 14.9 Å². The Labute approximate surface area is 134 Å². The van der Waals surface area contributed by atoms with Gasteiger partial charge in [-0.25, -0.2) is 14.4 Å². The third-order valence-corrected chi connectivity index (χ3v) is 3.76. The first-order chi connectivity index (χ1) is 11.2. The van der Waals surface area contributed by atoms with Crippen molar-refractivity contribution in [3.05, 3.63) is 53.9 Å². The zero-order valence-electron chi connectivity index (χ0n) is 12.9. The van der Waals surface area contributed by atoms with Crippen LogP contribution in [0.1, 0.15) is 29.4 Å². The van der Waals surface area contributed by atoms with Crippen molar-refractivity contribution < 1.29 is 13.9 Å². The summed E-state index contributed by atoms with van der Waals surface area (Å²) in [5.74, 6) is 0.251. The SMILES string of the molecule is CCCc1ncncc1C(=O)N1CC(Oc2ccc(F)cc2)C1. The van der Waals surface area contributed by atoms with Gasteiger partial charge >= 0.3 is 0 Å². The quantitative estimate of drug-likeness (QED) is 0.850. The lowest BCUT2D eigenvalue weighted by Crippen LogP contribution is -2.56. The number of carbonyl (C=O) groups is 1. The number of aryl methyl sites for hydroxylation is 1. The minimum Gasteiger partial charge on any atom is -0.487 e. The smallest absolute Gasteiger partial charge is 0.257 e. The predicted molar refractivity (Wildman–Crippen MR) is 82.7 cm³/mol. The molecule has 1 aliphatic heterocycles. The second-order valence-corrected chi connectivity index (χ2v) is 5.54. The lowest BCUT2D eigenvalue weighted by atomic mass is 10.1. The number of hydrogen-bond acceptors (Lipinski definition) is 4. The van der Waals surface area contributed by atoms with Crippen LogP contribution in [0.15, 0.2) is 36.8 Å². The summed E-state index contributed by atoms with van der Waals surface area (Å²) < 4.78 is 18.6. The fraction of sp³-hybridized carbons (Fsp3) is 0.353. The molecule has 120 valence electrons. The van der Waals surface area contributed by atoms with Crippen LogP contribution in [-0.4, -0.2) is 40.0 Å². The summed E-state index contributed by atoms with van der Waals surface area (Å²) in [6.07, 6.45) is 4.66. The van der Waals surface area contributed by atoms with Gasteiger partial charge in [-0.05, 0) is 30.7 Å². The number of rotatable bonds is 5. The molecule has 0 N–H and O–H groups in total. The van der Waals surface area contributed by atoms with Crippen LogP contribution >= 0.6 is 0 Å². The molecule has 1 aromatic carbocycles. The van der Waals surface area contributed by atoms with Crippen LogP contribution in [-0.2, 0) is 6.42 Å². The van der Waals surface area contributed by atoms with Crippen molar-refractivity contribution in [2.75, 3.05) is 13.1 Å². The topological polar surface area (TPSA) is 55.3 Å². The summed E-state index contributed by atoms with van der Waals surface area (Å²) in [6, 6.07) is 5.89. The van der Waals surface area contributed by atoms with Crippen LogP contribution in [0.4, 0.5) is 4.39 Å². The number of likely N-dealkylation sites (tertiary alicyclic amines) is 1. The normalized spacial score (nSPS) is 14.4. The van der Waals surface area contributed by atoms with Gasteiger partial charge in [0.1, 0.15) is 24.0 Å². The minimum absolute atomic E-state index is 0.0620. The van der Waals surface area contributed by atoms with Gasteiger partial charge in [-0.15, -0.1) is 0 Å². The molecule has 2 aromatic rings. The van der Waals surface area contributed by atoms with Crippen LogP contribution in [0.25, 0.3) is 0 Å². The van der Waals surface area contributed by atoms with Gasteiger partial charge in [-0.2, -0.15) is 0 Å². The van der Waals surface area contributed by atoms with E-state index in [9.17, 15) is 9.18 Å². The van der Waals surface area contributed by atoms with Crippen LogP contribution in [0.5, 0.6) is 5.75 Å². The van der Waals surface area contributed by atoms with E-state index >= 15 is 0 Å². The molecule has 23 heavy (non-hydrogen) atoms. The maximum atomic E-state index is 12.9. The molecule has 1 amide bonds. The first-order valence-corrected chi connectivity index (χ1v) is 7.67. The lowest BCUT2D eigenvalue weighted by molar-refractivity contribution is 0.0176. The summed E-state index contributed by atoms with van der Waals surface area (Å²) in [5, 5.41) is 0. The molecule has 0 bridgehead atoms. The molecule has 1 aliphatic rings. The lowest BCUT2D eigenvalue weighted by Gasteiger charge is -2.39. The number of carbonyl (C=O) groups excluding carboxylic acids is 1. The monoisotopic (exact) mass is 315 g/mol. The highest BCUT2D eigenvalue weighted by Crippen LogP contribution is 2.21. The molecule has 2 heterocycles. The molecule has 0 atom stereocenters.